The molecular weight excluding hydrogens is 340 g/mol. The summed E-state index contributed by atoms with van der Waals surface area (Å²) < 4.78 is 1.40. The van der Waals surface area contributed by atoms with Gasteiger partial charge in [0.1, 0.15) is 0 Å². The van der Waals surface area contributed by atoms with Crippen molar-refractivity contribution < 1.29 is 14.4 Å². The van der Waals surface area contributed by atoms with Crippen molar-refractivity contribution >= 4 is 45.8 Å². The molecule has 3 aromatic rings. The number of rotatable bonds is 3. The van der Waals surface area contributed by atoms with E-state index in [1.807, 2.05) is 0 Å². The quantitative estimate of drug-likeness (QED) is 0.708. The van der Waals surface area contributed by atoms with Crippen LogP contribution in [0.2, 0.25) is 5.02 Å². The Labute approximate surface area is 149 Å². The number of aromatic nitrogens is 1. The van der Waals surface area contributed by atoms with Crippen LogP contribution in [0.25, 0.3) is 10.9 Å². The normalized spacial score (nSPS) is 10.7. The molecule has 1 heterocycles. The summed E-state index contributed by atoms with van der Waals surface area (Å²) >= 11 is 6.00. The van der Waals surface area contributed by atoms with Crippen molar-refractivity contribution in [2.45, 2.75) is 13.8 Å². The summed E-state index contributed by atoms with van der Waals surface area (Å²) in [5, 5.41) is 3.90. The molecule has 1 N–H and O–H groups in total. The Hall–Kier alpha value is -2.92. The molecule has 25 heavy (non-hydrogen) atoms. The zero-order valence-corrected chi connectivity index (χ0v) is 14.4. The van der Waals surface area contributed by atoms with Crippen LogP contribution >= 0.6 is 11.6 Å². The molecule has 0 saturated heterocycles. The predicted octanol–water partition coefficient (Wildman–Crippen LogP) is 4.41. The molecule has 0 aliphatic rings. The number of carbonyl (C=O) groups is 3. The van der Waals surface area contributed by atoms with E-state index in [0.29, 0.717) is 32.7 Å². The van der Waals surface area contributed by atoms with Crippen molar-refractivity contribution in [3.05, 3.63) is 64.8 Å². The van der Waals surface area contributed by atoms with Gasteiger partial charge in [-0.1, -0.05) is 17.7 Å². The van der Waals surface area contributed by atoms with Crippen LogP contribution in [-0.2, 0) is 0 Å². The summed E-state index contributed by atoms with van der Waals surface area (Å²) in [6, 6.07) is 11.7. The summed E-state index contributed by atoms with van der Waals surface area (Å²) in [4.78, 5) is 35.8. The molecule has 6 heteroatoms. The molecule has 0 unspecified atom stereocenters. The molecule has 2 aromatic carbocycles. The Balaban J connectivity index is 1.97. The fourth-order valence-corrected chi connectivity index (χ4v) is 2.79. The number of hydrogen-bond acceptors (Lipinski definition) is 3. The SMILES string of the molecule is CC(=O)c1ccc(NC(=O)c2cn(C(C)=O)c3cc(Cl)ccc23)cc1. The summed E-state index contributed by atoms with van der Waals surface area (Å²) in [5.74, 6) is -0.598. The Bertz CT molecular complexity index is 1000. The van der Waals surface area contributed by atoms with Gasteiger partial charge >= 0.3 is 0 Å². The fourth-order valence-electron chi connectivity index (χ4n) is 2.63. The number of halogens is 1. The summed E-state index contributed by atoms with van der Waals surface area (Å²) in [6.45, 7) is 2.90. The molecule has 0 fully saturated rings. The molecule has 0 radical (unpaired) electrons. The lowest BCUT2D eigenvalue weighted by molar-refractivity contribution is 0.0940. The van der Waals surface area contributed by atoms with Gasteiger partial charge in [-0.2, -0.15) is 0 Å². The topological polar surface area (TPSA) is 68.2 Å². The number of ketones is 1. The van der Waals surface area contributed by atoms with E-state index in [4.69, 9.17) is 11.6 Å². The van der Waals surface area contributed by atoms with E-state index in [1.54, 1.807) is 42.5 Å². The first-order chi connectivity index (χ1) is 11.9. The Kier molecular flexibility index (Phi) is 4.42. The second kappa shape index (κ2) is 6.53. The van der Waals surface area contributed by atoms with Gasteiger partial charge in [-0.3, -0.25) is 19.0 Å². The van der Waals surface area contributed by atoms with Gasteiger partial charge in [0.05, 0.1) is 11.1 Å². The Morgan fingerprint density at radius 2 is 1.68 bits per heavy atom. The van der Waals surface area contributed by atoms with Gasteiger partial charge in [0.15, 0.2) is 5.78 Å². The van der Waals surface area contributed by atoms with Crippen molar-refractivity contribution in [1.82, 2.24) is 4.57 Å². The van der Waals surface area contributed by atoms with Crippen LogP contribution in [0.5, 0.6) is 0 Å². The zero-order valence-electron chi connectivity index (χ0n) is 13.7. The van der Waals surface area contributed by atoms with E-state index in [2.05, 4.69) is 5.32 Å². The van der Waals surface area contributed by atoms with Gasteiger partial charge < -0.3 is 5.32 Å². The Morgan fingerprint density at radius 3 is 2.28 bits per heavy atom. The van der Waals surface area contributed by atoms with E-state index in [-0.39, 0.29) is 17.6 Å². The number of fused-ring (bicyclic) bond motifs is 1. The lowest BCUT2D eigenvalue weighted by Gasteiger charge is -2.05. The van der Waals surface area contributed by atoms with E-state index in [1.165, 1.54) is 24.6 Å². The largest absolute Gasteiger partial charge is 0.322 e. The van der Waals surface area contributed by atoms with Crippen LogP contribution in [0.3, 0.4) is 0 Å². The molecule has 126 valence electrons. The van der Waals surface area contributed by atoms with Gasteiger partial charge in [-0.25, -0.2) is 0 Å². The molecule has 1 amide bonds. The highest BCUT2D eigenvalue weighted by Crippen LogP contribution is 2.26. The molecule has 0 spiro atoms. The maximum Gasteiger partial charge on any atom is 0.257 e. The van der Waals surface area contributed by atoms with E-state index < -0.39 is 0 Å². The third kappa shape index (κ3) is 3.32. The molecule has 0 bridgehead atoms. The first-order valence-corrected chi connectivity index (χ1v) is 7.98. The third-order valence-electron chi connectivity index (χ3n) is 3.90. The second-order valence-corrected chi connectivity index (χ2v) is 6.12. The maximum absolute atomic E-state index is 12.6. The van der Waals surface area contributed by atoms with E-state index in [9.17, 15) is 14.4 Å². The number of nitrogens with zero attached hydrogens (tertiary/aromatic N) is 1. The molecule has 3 rings (SSSR count). The highest BCUT2D eigenvalue weighted by molar-refractivity contribution is 6.31. The second-order valence-electron chi connectivity index (χ2n) is 5.68. The van der Waals surface area contributed by atoms with Crippen molar-refractivity contribution in [2.75, 3.05) is 5.32 Å². The maximum atomic E-state index is 12.6. The minimum atomic E-state index is -0.345. The Morgan fingerprint density at radius 1 is 1.00 bits per heavy atom. The summed E-state index contributed by atoms with van der Waals surface area (Å²) in [5.41, 5.74) is 2.09. The molecular formula is C19H15ClN2O3. The summed E-state index contributed by atoms with van der Waals surface area (Å²) in [7, 11) is 0. The van der Waals surface area contributed by atoms with Gasteiger partial charge in [-0.05, 0) is 43.3 Å². The lowest BCUT2D eigenvalue weighted by Crippen LogP contribution is -2.12. The standard InChI is InChI=1S/C19H15ClN2O3/c1-11(23)13-3-6-15(7-4-13)21-19(25)17-10-22(12(2)24)18-9-14(20)5-8-16(17)18/h3-10H,1-2H3,(H,21,25). The van der Waals surface area contributed by atoms with Crippen LogP contribution in [0.1, 0.15) is 39.4 Å². The minimum absolute atomic E-state index is 0.0423. The van der Waals surface area contributed by atoms with Crippen LogP contribution < -0.4 is 5.32 Å². The average molecular weight is 355 g/mol. The van der Waals surface area contributed by atoms with E-state index >= 15 is 0 Å². The van der Waals surface area contributed by atoms with Crippen LogP contribution in [0.15, 0.2) is 48.7 Å². The molecule has 0 saturated carbocycles. The minimum Gasteiger partial charge on any atom is -0.322 e. The van der Waals surface area contributed by atoms with Crippen molar-refractivity contribution in [1.29, 1.82) is 0 Å². The predicted molar refractivity (Wildman–Crippen MR) is 97.6 cm³/mol. The number of amides is 1. The number of nitrogens with one attached hydrogen (secondary N) is 1. The van der Waals surface area contributed by atoms with Gasteiger partial charge in [0.25, 0.3) is 5.91 Å². The molecule has 1 aromatic heterocycles. The zero-order chi connectivity index (χ0) is 18.1. The van der Waals surface area contributed by atoms with Crippen molar-refractivity contribution in [3.63, 3.8) is 0 Å². The molecule has 0 aliphatic heterocycles. The number of Topliss-reactive ketones (excluding diaryl/α,β-unsaturated/α-hetero) is 1. The number of carbonyl (C=O) groups excluding carboxylic acids is 3. The van der Waals surface area contributed by atoms with Crippen molar-refractivity contribution in [2.24, 2.45) is 0 Å². The lowest BCUT2D eigenvalue weighted by atomic mass is 10.1. The molecule has 0 atom stereocenters. The van der Waals surface area contributed by atoms with Crippen LogP contribution in [0.4, 0.5) is 5.69 Å². The van der Waals surface area contributed by atoms with Gasteiger partial charge in [0.2, 0.25) is 5.91 Å². The van der Waals surface area contributed by atoms with Crippen LogP contribution in [0, 0.1) is 0 Å². The molecule has 5 nitrogen and oxygen atoms in total. The van der Waals surface area contributed by atoms with Crippen molar-refractivity contribution in [3.8, 4) is 0 Å². The average Bonchev–Trinajstić information content (AvgIpc) is 2.94. The van der Waals surface area contributed by atoms with Gasteiger partial charge in [-0.15, -0.1) is 0 Å². The number of hydrogen-bond donors (Lipinski definition) is 1. The highest BCUT2D eigenvalue weighted by atomic mass is 35.5. The number of anilines is 1. The summed E-state index contributed by atoms with van der Waals surface area (Å²) in [6.07, 6.45) is 1.50. The molecule has 0 aliphatic carbocycles. The smallest absolute Gasteiger partial charge is 0.257 e. The van der Waals surface area contributed by atoms with Crippen LogP contribution in [-0.4, -0.2) is 22.2 Å². The first kappa shape index (κ1) is 16.9. The monoisotopic (exact) mass is 354 g/mol. The van der Waals surface area contributed by atoms with Gasteiger partial charge in [0, 0.05) is 34.8 Å². The number of benzene rings is 2. The van der Waals surface area contributed by atoms with E-state index in [0.717, 1.165) is 0 Å². The fraction of sp³-hybridized carbons (Fsp3) is 0.105. The highest BCUT2D eigenvalue weighted by Gasteiger charge is 2.17. The first-order valence-electron chi connectivity index (χ1n) is 7.60. The third-order valence-corrected chi connectivity index (χ3v) is 4.14.